The molecule has 31 heavy (non-hydrogen) atoms. The van der Waals surface area contributed by atoms with Crippen molar-refractivity contribution < 1.29 is 23.5 Å². The van der Waals surface area contributed by atoms with Gasteiger partial charge in [-0.25, -0.2) is 9.37 Å². The van der Waals surface area contributed by atoms with E-state index in [1.807, 2.05) is 25.1 Å². The monoisotopic (exact) mass is 434 g/mol. The second-order valence-electron chi connectivity index (χ2n) is 7.16. The Balaban J connectivity index is 1.71. The summed E-state index contributed by atoms with van der Waals surface area (Å²) in [4.78, 5) is 31.8. The fourth-order valence-corrected chi connectivity index (χ4v) is 4.72. The molecule has 2 aromatic heterocycles. The SMILES string of the molecule is Cc1ccc2nc(N3C(=O)C(=O)C(=C(O)c4ccc(F)cc4)C3c3ccco3)sc2c1. The molecule has 0 radical (unpaired) electrons. The molecule has 2 aromatic carbocycles. The lowest BCUT2D eigenvalue weighted by atomic mass is 9.99. The summed E-state index contributed by atoms with van der Waals surface area (Å²) < 4.78 is 19.7. The van der Waals surface area contributed by atoms with Crippen LogP contribution in [0.1, 0.15) is 22.9 Å². The number of ketones is 1. The number of aliphatic hydroxyl groups excluding tert-OH is 1. The zero-order valence-corrected chi connectivity index (χ0v) is 17.0. The second kappa shape index (κ2) is 7.17. The molecule has 0 saturated carbocycles. The van der Waals surface area contributed by atoms with Gasteiger partial charge >= 0.3 is 5.91 Å². The van der Waals surface area contributed by atoms with Gasteiger partial charge in [-0.05, 0) is 61.0 Å². The Bertz CT molecular complexity index is 1360. The van der Waals surface area contributed by atoms with E-state index < -0.39 is 29.3 Å². The molecule has 4 aromatic rings. The van der Waals surface area contributed by atoms with Crippen molar-refractivity contribution in [1.29, 1.82) is 0 Å². The molecule has 1 atom stereocenters. The minimum atomic E-state index is -0.998. The minimum Gasteiger partial charge on any atom is -0.507 e. The van der Waals surface area contributed by atoms with E-state index in [0.717, 1.165) is 10.3 Å². The van der Waals surface area contributed by atoms with Crippen LogP contribution in [0.5, 0.6) is 0 Å². The molecule has 5 rings (SSSR count). The smallest absolute Gasteiger partial charge is 0.302 e. The molecule has 1 saturated heterocycles. The van der Waals surface area contributed by atoms with Crippen molar-refractivity contribution in [2.75, 3.05) is 4.90 Å². The number of nitrogens with zero attached hydrogens (tertiary/aromatic N) is 2. The van der Waals surface area contributed by atoms with Crippen LogP contribution in [0.3, 0.4) is 0 Å². The van der Waals surface area contributed by atoms with Crippen LogP contribution >= 0.6 is 11.3 Å². The van der Waals surface area contributed by atoms with Crippen LogP contribution in [-0.4, -0.2) is 21.8 Å². The maximum absolute atomic E-state index is 13.3. The van der Waals surface area contributed by atoms with E-state index >= 15 is 0 Å². The first-order chi connectivity index (χ1) is 14.9. The van der Waals surface area contributed by atoms with Crippen molar-refractivity contribution in [3.63, 3.8) is 0 Å². The van der Waals surface area contributed by atoms with Crippen molar-refractivity contribution >= 4 is 44.1 Å². The second-order valence-corrected chi connectivity index (χ2v) is 8.17. The molecule has 6 nitrogen and oxygen atoms in total. The fraction of sp³-hybridized carbons (Fsp3) is 0.0870. The highest BCUT2D eigenvalue weighted by molar-refractivity contribution is 7.22. The number of hydrogen-bond acceptors (Lipinski definition) is 6. The number of anilines is 1. The molecule has 1 unspecified atom stereocenters. The number of halogens is 1. The van der Waals surface area contributed by atoms with Crippen molar-refractivity contribution in [3.8, 4) is 0 Å². The first kappa shape index (κ1) is 19.2. The maximum atomic E-state index is 13.3. The summed E-state index contributed by atoms with van der Waals surface area (Å²) >= 11 is 1.27. The number of aliphatic hydroxyl groups is 1. The van der Waals surface area contributed by atoms with Crippen molar-refractivity contribution in [2.24, 2.45) is 0 Å². The number of furan rings is 1. The van der Waals surface area contributed by atoms with Gasteiger partial charge < -0.3 is 9.52 Å². The van der Waals surface area contributed by atoms with Gasteiger partial charge in [0.15, 0.2) is 5.13 Å². The maximum Gasteiger partial charge on any atom is 0.302 e. The zero-order valence-electron chi connectivity index (χ0n) is 16.2. The highest BCUT2D eigenvalue weighted by Crippen LogP contribution is 2.44. The normalized spacial score (nSPS) is 18.3. The van der Waals surface area contributed by atoms with E-state index in [0.29, 0.717) is 16.4 Å². The number of carbonyl (C=O) groups excluding carboxylic acids is 2. The third-order valence-corrected chi connectivity index (χ3v) is 6.13. The number of thiazole rings is 1. The van der Waals surface area contributed by atoms with Crippen LogP contribution in [0.2, 0.25) is 0 Å². The van der Waals surface area contributed by atoms with E-state index in [4.69, 9.17) is 4.42 Å². The van der Waals surface area contributed by atoms with Crippen molar-refractivity contribution in [2.45, 2.75) is 13.0 Å². The summed E-state index contributed by atoms with van der Waals surface area (Å²) in [6.45, 7) is 1.95. The number of aryl methyl sites for hydroxylation is 1. The highest BCUT2D eigenvalue weighted by Gasteiger charge is 2.49. The van der Waals surface area contributed by atoms with Crippen LogP contribution in [0, 0.1) is 12.7 Å². The molecule has 1 aliphatic rings. The van der Waals surface area contributed by atoms with Gasteiger partial charge in [0.25, 0.3) is 5.78 Å². The van der Waals surface area contributed by atoms with E-state index in [2.05, 4.69) is 4.98 Å². The van der Waals surface area contributed by atoms with Crippen molar-refractivity contribution in [3.05, 3.63) is 89.1 Å². The van der Waals surface area contributed by atoms with Gasteiger partial charge in [-0.1, -0.05) is 17.4 Å². The Hall–Kier alpha value is -3.78. The summed E-state index contributed by atoms with van der Waals surface area (Å²) in [5.74, 6) is -2.26. The van der Waals surface area contributed by atoms with E-state index in [1.54, 1.807) is 12.1 Å². The predicted octanol–water partition coefficient (Wildman–Crippen LogP) is 4.96. The quantitative estimate of drug-likeness (QED) is 0.280. The molecule has 8 heteroatoms. The van der Waals surface area contributed by atoms with Crippen LogP contribution < -0.4 is 4.90 Å². The molecular formula is C23H15FN2O4S. The number of fused-ring (bicyclic) bond motifs is 1. The number of hydrogen-bond donors (Lipinski definition) is 1. The number of benzene rings is 2. The third kappa shape index (κ3) is 3.12. The summed E-state index contributed by atoms with van der Waals surface area (Å²) in [6.07, 6.45) is 1.43. The summed E-state index contributed by atoms with van der Waals surface area (Å²) in [6, 6.07) is 13.0. The van der Waals surface area contributed by atoms with Crippen LogP contribution in [-0.2, 0) is 9.59 Å². The lowest BCUT2D eigenvalue weighted by Gasteiger charge is -2.20. The fourth-order valence-electron chi connectivity index (χ4n) is 3.63. The topological polar surface area (TPSA) is 83.6 Å². The number of carbonyl (C=O) groups is 2. The number of amides is 1. The van der Waals surface area contributed by atoms with Gasteiger partial charge in [0.05, 0.1) is 22.1 Å². The largest absolute Gasteiger partial charge is 0.507 e. The first-order valence-corrected chi connectivity index (χ1v) is 10.2. The number of Topliss-reactive ketones (excluding diaryl/α,β-unsaturated/α-hetero) is 1. The molecule has 3 heterocycles. The molecule has 1 fully saturated rings. The van der Waals surface area contributed by atoms with Crippen LogP contribution in [0.4, 0.5) is 9.52 Å². The standard InChI is InChI=1S/C23H15FN2O4S/c1-12-4-9-15-17(11-12)31-23(25-15)26-19(16-3-2-10-30-16)18(21(28)22(26)29)20(27)13-5-7-14(24)8-6-13/h2-11,19,27H,1H3. The number of rotatable bonds is 3. The van der Waals surface area contributed by atoms with Gasteiger partial charge in [0, 0.05) is 5.56 Å². The Morgan fingerprint density at radius 3 is 2.65 bits per heavy atom. The predicted molar refractivity (Wildman–Crippen MR) is 114 cm³/mol. The lowest BCUT2D eigenvalue weighted by Crippen LogP contribution is -2.29. The number of aromatic nitrogens is 1. The average molecular weight is 434 g/mol. The molecule has 0 spiro atoms. The molecule has 1 amide bonds. The van der Waals surface area contributed by atoms with E-state index in [1.165, 1.54) is 46.8 Å². The van der Waals surface area contributed by atoms with Crippen molar-refractivity contribution in [1.82, 2.24) is 4.98 Å². The van der Waals surface area contributed by atoms with Crippen LogP contribution in [0.15, 0.2) is 70.9 Å². The summed E-state index contributed by atoms with van der Waals surface area (Å²) in [5.41, 5.74) is 1.82. The summed E-state index contributed by atoms with van der Waals surface area (Å²) in [7, 11) is 0. The Morgan fingerprint density at radius 2 is 1.94 bits per heavy atom. The molecule has 154 valence electrons. The zero-order chi connectivity index (χ0) is 21.7. The third-order valence-electron chi connectivity index (χ3n) is 5.11. The van der Waals surface area contributed by atoms with E-state index in [9.17, 15) is 19.1 Å². The molecule has 1 aliphatic heterocycles. The highest BCUT2D eigenvalue weighted by atomic mass is 32.1. The molecule has 0 aliphatic carbocycles. The minimum absolute atomic E-state index is 0.137. The lowest BCUT2D eigenvalue weighted by molar-refractivity contribution is -0.132. The van der Waals surface area contributed by atoms with Gasteiger partial charge in [0.2, 0.25) is 0 Å². The van der Waals surface area contributed by atoms with Gasteiger partial charge in [-0.15, -0.1) is 0 Å². The first-order valence-electron chi connectivity index (χ1n) is 9.41. The Kier molecular flexibility index (Phi) is 4.44. The Labute approximate surface area is 179 Å². The average Bonchev–Trinajstić information content (AvgIpc) is 3.47. The molecular weight excluding hydrogens is 419 g/mol. The Morgan fingerprint density at radius 1 is 1.16 bits per heavy atom. The van der Waals surface area contributed by atoms with Crippen LogP contribution in [0.25, 0.3) is 16.0 Å². The summed E-state index contributed by atoms with van der Waals surface area (Å²) in [5, 5.41) is 11.2. The van der Waals surface area contributed by atoms with Gasteiger partial charge in [0.1, 0.15) is 23.4 Å². The van der Waals surface area contributed by atoms with E-state index in [-0.39, 0.29) is 11.1 Å². The molecule has 1 N–H and O–H groups in total. The van der Waals surface area contributed by atoms with Gasteiger partial charge in [-0.2, -0.15) is 0 Å². The van der Waals surface area contributed by atoms with Gasteiger partial charge in [-0.3, -0.25) is 14.5 Å². The molecule has 0 bridgehead atoms.